The van der Waals surface area contributed by atoms with Crippen LogP contribution in [0.4, 0.5) is 0 Å². The van der Waals surface area contributed by atoms with Crippen molar-refractivity contribution in [3.05, 3.63) is 0 Å². The minimum atomic E-state index is -1.09. The Hall–Kier alpha value is -1.63. The molecule has 7 nitrogen and oxygen atoms in total. The number of carbonyl (C=O) groups excluding carboxylic acids is 3. The zero-order chi connectivity index (χ0) is 15.5. The Bertz CT molecular complexity index is 406. The lowest BCUT2D eigenvalue weighted by molar-refractivity contribution is -0.202. The van der Waals surface area contributed by atoms with Crippen LogP contribution in [0.15, 0.2) is 0 Å². The van der Waals surface area contributed by atoms with Crippen molar-refractivity contribution in [2.24, 2.45) is 0 Å². The normalized spacial score (nSPS) is 32.5. The van der Waals surface area contributed by atoms with Crippen molar-refractivity contribution in [2.75, 3.05) is 0 Å². The Balaban J connectivity index is 3.05. The van der Waals surface area contributed by atoms with Gasteiger partial charge in [0.2, 0.25) is 12.4 Å². The van der Waals surface area contributed by atoms with Crippen molar-refractivity contribution in [2.45, 2.75) is 65.1 Å². The molecule has 20 heavy (non-hydrogen) atoms. The highest BCUT2D eigenvalue weighted by Gasteiger charge is 2.57. The number of esters is 3. The van der Waals surface area contributed by atoms with E-state index in [0.717, 1.165) is 0 Å². The number of hydrogen-bond donors (Lipinski definition) is 0. The minimum Gasteiger partial charge on any atom is -0.455 e. The summed E-state index contributed by atoms with van der Waals surface area (Å²) < 4.78 is 21.0. The van der Waals surface area contributed by atoms with Gasteiger partial charge in [-0.25, -0.2) is 0 Å². The van der Waals surface area contributed by atoms with Crippen LogP contribution < -0.4 is 0 Å². The molecule has 4 atom stereocenters. The third kappa shape index (κ3) is 3.69. The van der Waals surface area contributed by atoms with Crippen LogP contribution in [0.5, 0.6) is 0 Å². The summed E-state index contributed by atoms with van der Waals surface area (Å²) in [7, 11) is 0. The molecule has 1 heterocycles. The van der Waals surface area contributed by atoms with E-state index < -0.39 is 42.0 Å². The summed E-state index contributed by atoms with van der Waals surface area (Å²) in [6.07, 6.45) is -2.42. The van der Waals surface area contributed by atoms with Gasteiger partial charge in [0.15, 0.2) is 6.10 Å². The fourth-order valence-electron chi connectivity index (χ4n) is 2.11. The molecule has 0 aromatic rings. The summed E-state index contributed by atoms with van der Waals surface area (Å²) in [5.74, 6) is -1.68. The summed E-state index contributed by atoms with van der Waals surface area (Å²) in [5.41, 5.74) is -0.897. The van der Waals surface area contributed by atoms with Crippen LogP contribution in [-0.4, -0.2) is 42.0 Å². The van der Waals surface area contributed by atoms with E-state index in [4.69, 9.17) is 18.9 Å². The third-order valence-corrected chi connectivity index (χ3v) is 3.13. The van der Waals surface area contributed by atoms with E-state index >= 15 is 0 Å². The van der Waals surface area contributed by atoms with Crippen LogP contribution in [0, 0.1) is 0 Å². The molecule has 0 bridgehead atoms. The lowest BCUT2D eigenvalue weighted by Crippen LogP contribution is -2.45. The van der Waals surface area contributed by atoms with Gasteiger partial charge in [0.25, 0.3) is 0 Å². The predicted molar refractivity (Wildman–Crippen MR) is 66.4 cm³/mol. The molecule has 0 saturated carbocycles. The van der Waals surface area contributed by atoms with Crippen LogP contribution in [0.1, 0.15) is 41.0 Å². The van der Waals surface area contributed by atoms with Gasteiger partial charge in [-0.3, -0.25) is 14.4 Å². The molecule has 0 amide bonds. The topological polar surface area (TPSA) is 88.1 Å². The number of carbonyl (C=O) groups is 3. The largest absolute Gasteiger partial charge is 0.455 e. The Kier molecular flexibility index (Phi) is 5.10. The van der Waals surface area contributed by atoms with E-state index in [1.807, 2.05) is 6.92 Å². The Morgan fingerprint density at radius 2 is 1.50 bits per heavy atom. The molecule has 0 spiro atoms. The van der Waals surface area contributed by atoms with E-state index in [0.29, 0.717) is 6.42 Å². The average Bonchev–Trinajstić information content (AvgIpc) is 2.53. The van der Waals surface area contributed by atoms with Crippen molar-refractivity contribution >= 4 is 17.9 Å². The quantitative estimate of drug-likeness (QED) is 0.561. The Morgan fingerprint density at radius 1 is 1.00 bits per heavy atom. The van der Waals surface area contributed by atoms with Gasteiger partial charge in [-0.15, -0.1) is 0 Å². The molecule has 0 N–H and O–H groups in total. The first kappa shape index (κ1) is 16.4. The van der Waals surface area contributed by atoms with Gasteiger partial charge in [0, 0.05) is 20.8 Å². The highest BCUT2D eigenvalue weighted by Crippen LogP contribution is 2.38. The van der Waals surface area contributed by atoms with E-state index in [1.165, 1.54) is 20.8 Å². The first-order chi connectivity index (χ1) is 9.19. The Labute approximate surface area is 117 Å². The van der Waals surface area contributed by atoms with Crippen molar-refractivity contribution in [3.8, 4) is 0 Å². The molecule has 1 unspecified atom stereocenters. The molecule has 1 aliphatic heterocycles. The Morgan fingerprint density at radius 3 is 1.90 bits per heavy atom. The lowest BCUT2D eigenvalue weighted by atomic mass is 9.94. The molecule has 1 saturated heterocycles. The van der Waals surface area contributed by atoms with Crippen molar-refractivity contribution in [1.29, 1.82) is 0 Å². The van der Waals surface area contributed by atoms with Crippen molar-refractivity contribution < 1.29 is 33.3 Å². The number of rotatable bonds is 4. The third-order valence-electron chi connectivity index (χ3n) is 3.13. The monoisotopic (exact) mass is 288 g/mol. The van der Waals surface area contributed by atoms with E-state index in [9.17, 15) is 14.4 Å². The maximum absolute atomic E-state index is 11.2. The van der Waals surface area contributed by atoms with Crippen LogP contribution in [0.2, 0.25) is 0 Å². The maximum atomic E-state index is 11.2. The van der Waals surface area contributed by atoms with Gasteiger partial charge >= 0.3 is 17.9 Å². The van der Waals surface area contributed by atoms with Gasteiger partial charge in [-0.05, 0) is 13.3 Å². The molecule has 1 aliphatic rings. The molecule has 0 radical (unpaired) electrons. The summed E-state index contributed by atoms with van der Waals surface area (Å²) >= 11 is 0. The number of hydrogen-bond acceptors (Lipinski definition) is 7. The van der Waals surface area contributed by atoms with E-state index in [2.05, 4.69) is 0 Å². The van der Waals surface area contributed by atoms with Crippen molar-refractivity contribution in [1.82, 2.24) is 0 Å². The zero-order valence-electron chi connectivity index (χ0n) is 12.3. The van der Waals surface area contributed by atoms with E-state index in [-0.39, 0.29) is 0 Å². The van der Waals surface area contributed by atoms with Gasteiger partial charge in [0.1, 0.15) is 5.60 Å². The minimum absolute atomic E-state index is 0.487. The molecule has 1 rings (SSSR count). The summed E-state index contributed by atoms with van der Waals surface area (Å²) in [6.45, 7) is 7.23. The molecule has 7 heteroatoms. The second-order valence-electron chi connectivity index (χ2n) is 4.87. The molecule has 0 aromatic carbocycles. The molecular weight excluding hydrogens is 268 g/mol. The van der Waals surface area contributed by atoms with Crippen molar-refractivity contribution in [3.63, 3.8) is 0 Å². The van der Waals surface area contributed by atoms with E-state index in [1.54, 1.807) is 6.92 Å². The van der Waals surface area contributed by atoms with Crippen LogP contribution in [0.25, 0.3) is 0 Å². The number of ether oxygens (including phenoxy) is 4. The SMILES string of the molecule is CC[C@@]1(C)O[C@@H](OC(C)=O)[C@@H](OC(C)=O)C1OC(C)=O. The molecule has 114 valence electrons. The van der Waals surface area contributed by atoms with Gasteiger partial charge < -0.3 is 18.9 Å². The van der Waals surface area contributed by atoms with Gasteiger partial charge in [-0.1, -0.05) is 6.92 Å². The molecule has 0 aliphatic carbocycles. The first-order valence-electron chi connectivity index (χ1n) is 6.39. The van der Waals surface area contributed by atoms with Gasteiger partial charge in [-0.2, -0.15) is 0 Å². The summed E-state index contributed by atoms with van der Waals surface area (Å²) in [5, 5.41) is 0. The lowest BCUT2D eigenvalue weighted by Gasteiger charge is -2.29. The highest BCUT2D eigenvalue weighted by atomic mass is 16.8. The average molecular weight is 288 g/mol. The fourth-order valence-corrected chi connectivity index (χ4v) is 2.11. The molecule has 0 aromatic heterocycles. The first-order valence-corrected chi connectivity index (χ1v) is 6.39. The maximum Gasteiger partial charge on any atom is 0.305 e. The predicted octanol–water partition coefficient (Wildman–Crippen LogP) is 0.938. The van der Waals surface area contributed by atoms with Crippen LogP contribution in [0.3, 0.4) is 0 Å². The van der Waals surface area contributed by atoms with Crippen LogP contribution >= 0.6 is 0 Å². The summed E-state index contributed by atoms with van der Waals surface area (Å²) in [4.78, 5) is 33.5. The summed E-state index contributed by atoms with van der Waals surface area (Å²) in [6, 6.07) is 0. The molecule has 1 fully saturated rings. The smallest absolute Gasteiger partial charge is 0.305 e. The fraction of sp³-hybridized carbons (Fsp3) is 0.769. The molecular formula is C13H20O7. The zero-order valence-corrected chi connectivity index (χ0v) is 12.3. The second-order valence-corrected chi connectivity index (χ2v) is 4.87. The standard InChI is InChI=1S/C13H20O7/c1-6-13(5)11(18-8(3)15)10(17-7(2)14)12(20-13)19-9(4)16/h10-12H,6H2,1-5H3/t10-,11?,12+,13+/m0/s1. The van der Waals surface area contributed by atoms with Gasteiger partial charge in [0.05, 0.1) is 0 Å². The van der Waals surface area contributed by atoms with Crippen LogP contribution in [-0.2, 0) is 33.3 Å². The highest BCUT2D eigenvalue weighted by molar-refractivity contribution is 5.68. The second kappa shape index (κ2) is 6.21.